The smallest absolute Gasteiger partial charge is 0.227 e. The summed E-state index contributed by atoms with van der Waals surface area (Å²) in [7, 11) is 3.96. The van der Waals surface area contributed by atoms with Gasteiger partial charge in [-0.25, -0.2) is 0 Å². The van der Waals surface area contributed by atoms with Crippen molar-refractivity contribution in [1.82, 2.24) is 10.2 Å². The van der Waals surface area contributed by atoms with Gasteiger partial charge < -0.3 is 16.0 Å². The van der Waals surface area contributed by atoms with Gasteiger partial charge in [-0.05, 0) is 20.0 Å². The Morgan fingerprint density at radius 1 is 1.47 bits per heavy atom. The monoisotopic (exact) mass is 231 g/mol. The maximum absolute atomic E-state index is 11.5. The second kappa shape index (κ2) is 6.74. The molecule has 0 rings (SSSR count). The number of nitrogens with two attached hydrogens (primary N) is 1. The molecule has 0 aliphatic rings. The predicted molar refractivity (Wildman–Crippen MR) is 66.7 cm³/mol. The lowest BCUT2D eigenvalue weighted by Crippen LogP contribution is -2.45. The van der Waals surface area contributed by atoms with Gasteiger partial charge in [-0.2, -0.15) is 0 Å². The van der Waals surface area contributed by atoms with Crippen molar-refractivity contribution >= 4 is 23.1 Å². The van der Waals surface area contributed by atoms with Crippen LogP contribution in [0, 0.1) is 5.92 Å². The highest BCUT2D eigenvalue weighted by molar-refractivity contribution is 7.80. The first-order valence-corrected chi connectivity index (χ1v) is 5.46. The van der Waals surface area contributed by atoms with Gasteiger partial charge in [0.1, 0.15) is 0 Å². The van der Waals surface area contributed by atoms with E-state index < -0.39 is 0 Å². The molecule has 88 valence electrons. The van der Waals surface area contributed by atoms with Crippen LogP contribution in [0.15, 0.2) is 0 Å². The Labute approximate surface area is 97.2 Å². The second-order valence-electron chi connectivity index (χ2n) is 4.32. The summed E-state index contributed by atoms with van der Waals surface area (Å²) >= 11 is 4.68. The maximum Gasteiger partial charge on any atom is 0.227 e. The van der Waals surface area contributed by atoms with E-state index in [0.29, 0.717) is 5.92 Å². The number of nitrogens with one attached hydrogen (secondary N) is 1. The number of carbonyl (C=O) groups excluding carboxylic acids is 1. The average molecular weight is 231 g/mol. The van der Waals surface area contributed by atoms with Crippen molar-refractivity contribution in [3.8, 4) is 0 Å². The van der Waals surface area contributed by atoms with Gasteiger partial charge in [-0.15, -0.1) is 0 Å². The maximum atomic E-state index is 11.5. The molecule has 15 heavy (non-hydrogen) atoms. The van der Waals surface area contributed by atoms with Crippen LogP contribution in [0.2, 0.25) is 0 Å². The SMILES string of the molecule is CC(C)C(CN(C)C)NC(=O)CC(N)=S. The molecule has 0 saturated carbocycles. The molecule has 0 saturated heterocycles. The quantitative estimate of drug-likeness (QED) is 0.648. The van der Waals surface area contributed by atoms with Gasteiger partial charge in [-0.3, -0.25) is 4.79 Å². The number of amides is 1. The fourth-order valence-electron chi connectivity index (χ4n) is 1.23. The van der Waals surface area contributed by atoms with E-state index in [1.54, 1.807) is 0 Å². The van der Waals surface area contributed by atoms with Gasteiger partial charge in [0.25, 0.3) is 0 Å². The van der Waals surface area contributed by atoms with E-state index >= 15 is 0 Å². The minimum atomic E-state index is -0.0944. The van der Waals surface area contributed by atoms with Crippen molar-refractivity contribution in [1.29, 1.82) is 0 Å². The third-order valence-corrected chi connectivity index (χ3v) is 2.19. The van der Waals surface area contributed by atoms with E-state index in [2.05, 4.69) is 31.4 Å². The third kappa shape index (κ3) is 7.27. The first kappa shape index (κ1) is 14.3. The summed E-state index contributed by atoms with van der Waals surface area (Å²) in [6.45, 7) is 4.98. The Kier molecular flexibility index (Phi) is 6.43. The Balaban J connectivity index is 4.16. The lowest BCUT2D eigenvalue weighted by molar-refractivity contribution is -0.121. The molecule has 0 heterocycles. The Bertz CT molecular complexity index is 229. The van der Waals surface area contributed by atoms with Crippen LogP contribution in [-0.2, 0) is 4.79 Å². The van der Waals surface area contributed by atoms with Crippen LogP contribution in [0.4, 0.5) is 0 Å². The molecule has 5 heteroatoms. The Hall–Kier alpha value is -0.680. The van der Waals surface area contributed by atoms with Gasteiger partial charge in [0.2, 0.25) is 5.91 Å². The van der Waals surface area contributed by atoms with Gasteiger partial charge in [-0.1, -0.05) is 26.1 Å². The Morgan fingerprint density at radius 2 is 2.00 bits per heavy atom. The number of likely N-dealkylation sites (N-methyl/N-ethyl adjacent to an activating group) is 1. The van der Waals surface area contributed by atoms with Crippen molar-refractivity contribution in [2.75, 3.05) is 20.6 Å². The van der Waals surface area contributed by atoms with Gasteiger partial charge in [0.05, 0.1) is 11.4 Å². The largest absolute Gasteiger partial charge is 0.393 e. The molecular formula is C10H21N3OS. The lowest BCUT2D eigenvalue weighted by Gasteiger charge is -2.25. The van der Waals surface area contributed by atoms with Crippen LogP contribution in [-0.4, -0.2) is 42.5 Å². The van der Waals surface area contributed by atoms with Crippen molar-refractivity contribution in [2.45, 2.75) is 26.3 Å². The highest BCUT2D eigenvalue weighted by Crippen LogP contribution is 2.03. The molecule has 1 atom stereocenters. The molecule has 0 aromatic carbocycles. The summed E-state index contributed by atoms with van der Waals surface area (Å²) in [5, 5.41) is 2.93. The summed E-state index contributed by atoms with van der Waals surface area (Å²) in [6, 6.07) is 0.141. The number of nitrogens with zero attached hydrogens (tertiary/aromatic N) is 1. The molecule has 0 fully saturated rings. The molecule has 3 N–H and O–H groups in total. The summed E-state index contributed by atoms with van der Waals surface area (Å²) < 4.78 is 0. The molecule has 4 nitrogen and oxygen atoms in total. The molecule has 1 unspecified atom stereocenters. The summed E-state index contributed by atoms with van der Waals surface area (Å²) in [6.07, 6.45) is 0.131. The summed E-state index contributed by atoms with van der Waals surface area (Å²) in [4.78, 5) is 13.7. The third-order valence-electron chi connectivity index (χ3n) is 2.05. The van der Waals surface area contributed by atoms with Crippen LogP contribution in [0.5, 0.6) is 0 Å². The lowest BCUT2D eigenvalue weighted by atomic mass is 10.0. The van der Waals surface area contributed by atoms with E-state index in [-0.39, 0.29) is 23.4 Å². The highest BCUT2D eigenvalue weighted by atomic mass is 32.1. The van der Waals surface area contributed by atoms with Crippen molar-refractivity contribution in [2.24, 2.45) is 11.7 Å². The van der Waals surface area contributed by atoms with Crippen molar-refractivity contribution < 1.29 is 4.79 Å². The second-order valence-corrected chi connectivity index (χ2v) is 4.85. The molecule has 1 amide bonds. The highest BCUT2D eigenvalue weighted by Gasteiger charge is 2.16. The Morgan fingerprint density at radius 3 is 2.33 bits per heavy atom. The number of thiocarbonyl (C=S) groups is 1. The van der Waals surface area contributed by atoms with Crippen LogP contribution in [0.1, 0.15) is 20.3 Å². The minimum absolute atomic E-state index is 0.0944. The van der Waals surface area contributed by atoms with Crippen molar-refractivity contribution in [3.63, 3.8) is 0 Å². The zero-order valence-corrected chi connectivity index (χ0v) is 10.7. The van der Waals surface area contributed by atoms with Crippen LogP contribution in [0.3, 0.4) is 0 Å². The molecule has 0 spiro atoms. The summed E-state index contributed by atoms with van der Waals surface area (Å²) in [5.41, 5.74) is 5.31. The number of hydrogen-bond donors (Lipinski definition) is 2. The zero-order valence-electron chi connectivity index (χ0n) is 9.91. The van der Waals surface area contributed by atoms with E-state index in [9.17, 15) is 4.79 Å². The predicted octanol–water partition coefficient (Wildman–Crippen LogP) is 0.365. The van der Waals surface area contributed by atoms with E-state index in [1.165, 1.54) is 0 Å². The average Bonchev–Trinajstić information content (AvgIpc) is 1.99. The standard InChI is InChI=1S/C10H21N3OS/c1-7(2)8(6-13(3)4)12-10(14)5-9(11)15/h7-8H,5-6H2,1-4H3,(H2,11,15)(H,12,14). The van der Waals surface area contributed by atoms with Gasteiger partial charge >= 0.3 is 0 Å². The van der Waals surface area contributed by atoms with E-state index in [4.69, 9.17) is 5.73 Å². The zero-order chi connectivity index (χ0) is 12.0. The topological polar surface area (TPSA) is 58.4 Å². The first-order valence-electron chi connectivity index (χ1n) is 5.05. The minimum Gasteiger partial charge on any atom is -0.393 e. The van der Waals surface area contributed by atoms with E-state index in [0.717, 1.165) is 6.54 Å². The summed E-state index contributed by atoms with van der Waals surface area (Å²) in [5.74, 6) is 0.297. The molecule has 0 aliphatic heterocycles. The molecular weight excluding hydrogens is 210 g/mol. The molecule has 0 bridgehead atoms. The molecule has 0 aliphatic carbocycles. The molecule has 0 radical (unpaired) electrons. The fourth-order valence-corrected chi connectivity index (χ4v) is 1.36. The van der Waals surface area contributed by atoms with Gasteiger partial charge in [0.15, 0.2) is 0 Å². The first-order chi connectivity index (χ1) is 6.82. The fraction of sp³-hybridized carbons (Fsp3) is 0.800. The van der Waals surface area contributed by atoms with Crippen molar-refractivity contribution in [3.05, 3.63) is 0 Å². The normalized spacial score (nSPS) is 12.9. The number of carbonyl (C=O) groups is 1. The van der Waals surface area contributed by atoms with Crippen LogP contribution in [0.25, 0.3) is 0 Å². The van der Waals surface area contributed by atoms with Crippen LogP contribution < -0.4 is 11.1 Å². The number of hydrogen-bond acceptors (Lipinski definition) is 3. The van der Waals surface area contributed by atoms with Gasteiger partial charge in [0, 0.05) is 12.6 Å². The van der Waals surface area contributed by atoms with E-state index in [1.807, 2.05) is 19.0 Å². The number of rotatable bonds is 6. The molecule has 0 aromatic heterocycles. The van der Waals surface area contributed by atoms with Crippen LogP contribution >= 0.6 is 12.2 Å². The molecule has 0 aromatic rings.